The van der Waals surface area contributed by atoms with E-state index in [1.54, 1.807) is 30.1 Å². The van der Waals surface area contributed by atoms with E-state index < -0.39 is 5.92 Å². The van der Waals surface area contributed by atoms with Crippen molar-refractivity contribution < 1.29 is 8.78 Å². The molecule has 4 heteroatoms. The maximum absolute atomic E-state index is 14.3. The van der Waals surface area contributed by atoms with Crippen LogP contribution < -0.4 is 10.6 Å². The van der Waals surface area contributed by atoms with Crippen LogP contribution >= 0.6 is 0 Å². The van der Waals surface area contributed by atoms with E-state index in [1.165, 1.54) is 12.1 Å². The Morgan fingerprint density at radius 3 is 2.25 bits per heavy atom. The van der Waals surface area contributed by atoms with Crippen LogP contribution in [0.2, 0.25) is 0 Å². The van der Waals surface area contributed by atoms with Crippen LogP contribution in [0.25, 0.3) is 0 Å². The van der Waals surface area contributed by atoms with Crippen LogP contribution in [0, 0.1) is 0 Å². The first kappa shape index (κ1) is 14.5. The quantitative estimate of drug-likeness (QED) is 0.907. The number of benzene rings is 2. The van der Waals surface area contributed by atoms with Crippen LogP contribution in [0.15, 0.2) is 54.6 Å². The molecule has 106 valence electrons. The van der Waals surface area contributed by atoms with E-state index in [9.17, 15) is 8.78 Å². The van der Waals surface area contributed by atoms with Crippen molar-refractivity contribution in [3.05, 3.63) is 65.7 Å². The number of hydrogen-bond donors (Lipinski definition) is 1. The first-order chi connectivity index (χ1) is 9.54. The van der Waals surface area contributed by atoms with E-state index in [1.807, 2.05) is 24.3 Å². The van der Waals surface area contributed by atoms with E-state index in [-0.39, 0.29) is 12.1 Å². The Bertz CT molecular complexity index is 555. The van der Waals surface area contributed by atoms with Crippen molar-refractivity contribution in [2.45, 2.75) is 12.5 Å². The molecule has 20 heavy (non-hydrogen) atoms. The molecule has 0 unspecified atom stereocenters. The molecule has 2 N–H and O–H groups in total. The van der Waals surface area contributed by atoms with Crippen molar-refractivity contribution in [3.8, 4) is 0 Å². The van der Waals surface area contributed by atoms with Crippen LogP contribution in [0.3, 0.4) is 0 Å². The Balaban J connectivity index is 2.21. The summed E-state index contributed by atoms with van der Waals surface area (Å²) in [6.07, 6.45) is 0. The van der Waals surface area contributed by atoms with Gasteiger partial charge in [0.05, 0.1) is 6.54 Å². The van der Waals surface area contributed by atoms with Gasteiger partial charge in [0, 0.05) is 24.8 Å². The topological polar surface area (TPSA) is 29.3 Å². The number of rotatable bonds is 5. The fraction of sp³-hybridized carbons (Fsp3) is 0.250. The van der Waals surface area contributed by atoms with Gasteiger partial charge in [-0.05, 0) is 11.6 Å². The second-order valence-electron chi connectivity index (χ2n) is 4.76. The highest BCUT2D eigenvalue weighted by atomic mass is 19.3. The van der Waals surface area contributed by atoms with Crippen molar-refractivity contribution in [1.29, 1.82) is 0 Å². The summed E-state index contributed by atoms with van der Waals surface area (Å²) in [6.45, 7) is -0.0502. The molecule has 0 saturated carbocycles. The van der Waals surface area contributed by atoms with E-state index in [4.69, 9.17) is 5.73 Å². The minimum Gasteiger partial charge on any atom is -0.368 e. The summed E-state index contributed by atoms with van der Waals surface area (Å²) >= 11 is 0. The van der Waals surface area contributed by atoms with Gasteiger partial charge < -0.3 is 10.6 Å². The highest BCUT2D eigenvalue weighted by Crippen LogP contribution is 2.30. The normalized spacial score (nSPS) is 11.4. The zero-order chi connectivity index (χ0) is 14.6. The second kappa shape index (κ2) is 6.01. The fourth-order valence-corrected chi connectivity index (χ4v) is 2.21. The molecule has 0 spiro atoms. The number of halogens is 2. The Labute approximate surface area is 117 Å². The lowest BCUT2D eigenvalue weighted by atomic mass is 10.1. The second-order valence-corrected chi connectivity index (χ2v) is 4.76. The molecular formula is C16H18F2N2. The largest absolute Gasteiger partial charge is 0.368 e. The molecule has 2 rings (SSSR count). The van der Waals surface area contributed by atoms with Crippen LogP contribution in [0.5, 0.6) is 0 Å². The van der Waals surface area contributed by atoms with Gasteiger partial charge in [-0.25, -0.2) is 0 Å². The molecule has 0 saturated heterocycles. The van der Waals surface area contributed by atoms with Gasteiger partial charge in [-0.2, -0.15) is 8.78 Å². The number of anilines is 1. The number of likely N-dealkylation sites (N-methyl/N-ethyl adjacent to an activating group) is 1. The van der Waals surface area contributed by atoms with Crippen LogP contribution in [0.4, 0.5) is 14.5 Å². The lowest BCUT2D eigenvalue weighted by Crippen LogP contribution is -2.33. The Morgan fingerprint density at radius 1 is 1.00 bits per heavy atom. The monoisotopic (exact) mass is 276 g/mol. The zero-order valence-corrected chi connectivity index (χ0v) is 11.4. The Morgan fingerprint density at radius 2 is 1.60 bits per heavy atom. The van der Waals surface area contributed by atoms with Crippen LogP contribution in [-0.2, 0) is 12.5 Å². The Kier molecular flexibility index (Phi) is 4.35. The van der Waals surface area contributed by atoms with Gasteiger partial charge in [0.25, 0.3) is 5.92 Å². The summed E-state index contributed by atoms with van der Waals surface area (Å²) in [4.78, 5) is 1.55. The van der Waals surface area contributed by atoms with E-state index in [0.29, 0.717) is 6.54 Å². The van der Waals surface area contributed by atoms with Gasteiger partial charge in [0.2, 0.25) is 0 Å². The first-order valence-corrected chi connectivity index (χ1v) is 6.47. The summed E-state index contributed by atoms with van der Waals surface area (Å²) in [5, 5.41) is 0. The predicted octanol–water partition coefficient (Wildman–Crippen LogP) is 3.37. The van der Waals surface area contributed by atoms with Gasteiger partial charge in [0.1, 0.15) is 0 Å². The van der Waals surface area contributed by atoms with Gasteiger partial charge in [0.15, 0.2) is 0 Å². The zero-order valence-electron chi connectivity index (χ0n) is 11.4. The molecule has 0 aliphatic rings. The van der Waals surface area contributed by atoms with Crippen molar-refractivity contribution >= 4 is 5.69 Å². The van der Waals surface area contributed by atoms with E-state index in [2.05, 4.69) is 0 Å². The first-order valence-electron chi connectivity index (χ1n) is 6.47. The minimum atomic E-state index is -2.91. The van der Waals surface area contributed by atoms with Gasteiger partial charge in [-0.15, -0.1) is 0 Å². The van der Waals surface area contributed by atoms with Crippen molar-refractivity contribution in [2.24, 2.45) is 5.73 Å². The molecule has 2 aromatic rings. The minimum absolute atomic E-state index is 0.0251. The Hall–Kier alpha value is -1.94. The molecule has 0 bridgehead atoms. The number of para-hydroxylation sites is 1. The predicted molar refractivity (Wildman–Crippen MR) is 77.9 cm³/mol. The lowest BCUT2D eigenvalue weighted by molar-refractivity contribution is 0.00497. The SMILES string of the molecule is CN(CC(F)(F)c1ccccc1)c1ccccc1CN. The molecule has 0 fully saturated rings. The molecule has 2 nitrogen and oxygen atoms in total. The summed E-state index contributed by atoms with van der Waals surface area (Å²) in [5.74, 6) is -2.91. The average Bonchev–Trinajstić information content (AvgIpc) is 2.47. The highest BCUT2D eigenvalue weighted by molar-refractivity contribution is 5.53. The maximum atomic E-state index is 14.3. The standard InChI is InChI=1S/C16H18F2N2/c1-20(15-10-6-5-7-13(15)11-19)12-16(17,18)14-8-3-2-4-9-14/h2-10H,11-12,19H2,1H3. The van der Waals surface area contributed by atoms with E-state index in [0.717, 1.165) is 11.3 Å². The fourth-order valence-electron chi connectivity index (χ4n) is 2.21. The number of nitrogens with zero attached hydrogens (tertiary/aromatic N) is 1. The average molecular weight is 276 g/mol. The van der Waals surface area contributed by atoms with Crippen molar-refractivity contribution in [2.75, 3.05) is 18.5 Å². The van der Waals surface area contributed by atoms with Crippen LogP contribution in [0.1, 0.15) is 11.1 Å². The lowest BCUT2D eigenvalue weighted by Gasteiger charge is -2.27. The van der Waals surface area contributed by atoms with Crippen molar-refractivity contribution in [1.82, 2.24) is 0 Å². The van der Waals surface area contributed by atoms with Gasteiger partial charge >= 0.3 is 0 Å². The number of hydrogen-bond acceptors (Lipinski definition) is 2. The smallest absolute Gasteiger partial charge is 0.290 e. The van der Waals surface area contributed by atoms with E-state index >= 15 is 0 Å². The molecule has 0 aromatic heterocycles. The van der Waals surface area contributed by atoms with Gasteiger partial charge in [-0.3, -0.25) is 0 Å². The molecular weight excluding hydrogens is 258 g/mol. The highest BCUT2D eigenvalue weighted by Gasteiger charge is 2.33. The third-order valence-corrected chi connectivity index (χ3v) is 3.25. The molecule has 0 radical (unpaired) electrons. The molecule has 0 atom stereocenters. The molecule has 0 amide bonds. The summed E-state index contributed by atoms with van der Waals surface area (Å²) in [6, 6.07) is 15.2. The molecule has 0 heterocycles. The number of nitrogens with two attached hydrogens (primary N) is 1. The maximum Gasteiger partial charge on any atom is 0.290 e. The summed E-state index contributed by atoms with van der Waals surface area (Å²) in [5.41, 5.74) is 7.28. The van der Waals surface area contributed by atoms with Gasteiger partial charge in [-0.1, -0.05) is 48.5 Å². The van der Waals surface area contributed by atoms with Crippen molar-refractivity contribution in [3.63, 3.8) is 0 Å². The number of alkyl halides is 2. The van der Waals surface area contributed by atoms with Crippen LogP contribution in [-0.4, -0.2) is 13.6 Å². The molecule has 0 aliphatic heterocycles. The third-order valence-electron chi connectivity index (χ3n) is 3.25. The summed E-state index contributed by atoms with van der Waals surface area (Å²) < 4.78 is 28.5. The summed E-state index contributed by atoms with van der Waals surface area (Å²) in [7, 11) is 1.66. The third kappa shape index (κ3) is 3.14. The molecule has 2 aromatic carbocycles. The molecule has 0 aliphatic carbocycles.